The van der Waals surface area contributed by atoms with Crippen LogP contribution in [0.1, 0.15) is 26.0 Å². The van der Waals surface area contributed by atoms with Gasteiger partial charge in [0.15, 0.2) is 0 Å². The highest BCUT2D eigenvalue weighted by molar-refractivity contribution is 7.98. The summed E-state index contributed by atoms with van der Waals surface area (Å²) in [5, 5.41) is 9.27. The van der Waals surface area contributed by atoms with E-state index in [4.69, 9.17) is 0 Å². The van der Waals surface area contributed by atoms with Gasteiger partial charge in [-0.05, 0) is 30.4 Å². The van der Waals surface area contributed by atoms with Crippen molar-refractivity contribution in [3.05, 3.63) is 18.0 Å². The Labute approximate surface area is 125 Å². The molecule has 0 aliphatic heterocycles. The first-order chi connectivity index (χ1) is 9.44. The fraction of sp³-hybridized carbons (Fsp3) is 0.692. The summed E-state index contributed by atoms with van der Waals surface area (Å²) < 4.78 is 28.8. The zero-order valence-corrected chi connectivity index (χ0v) is 13.9. The Hall–Kier alpha value is -0.500. The molecule has 0 radical (unpaired) electrons. The van der Waals surface area contributed by atoms with E-state index in [-0.39, 0.29) is 17.4 Å². The number of nitrogens with one attached hydrogen (secondary N) is 1. The van der Waals surface area contributed by atoms with Gasteiger partial charge >= 0.3 is 0 Å². The standard InChI is InChI=1S/C13H24N2O3S2/c1-4-5-15-8-13(6-12(15)9-16)20(17,18)14-7-11(2)10-19-3/h6,8,11,14,16H,4-5,7,9-10H2,1-3H3. The van der Waals surface area contributed by atoms with E-state index in [1.165, 1.54) is 6.07 Å². The van der Waals surface area contributed by atoms with E-state index in [1.54, 1.807) is 22.5 Å². The number of nitrogens with zero attached hydrogens (tertiary/aromatic N) is 1. The first-order valence-corrected chi connectivity index (χ1v) is 9.60. The number of sulfonamides is 1. The zero-order valence-electron chi connectivity index (χ0n) is 12.3. The maximum Gasteiger partial charge on any atom is 0.242 e. The average Bonchev–Trinajstić information content (AvgIpc) is 2.81. The Balaban J connectivity index is 2.81. The summed E-state index contributed by atoms with van der Waals surface area (Å²) in [5.74, 6) is 1.20. The van der Waals surface area contributed by atoms with Gasteiger partial charge in [0.2, 0.25) is 10.0 Å². The van der Waals surface area contributed by atoms with Gasteiger partial charge in [-0.2, -0.15) is 11.8 Å². The van der Waals surface area contributed by atoms with Gasteiger partial charge < -0.3 is 9.67 Å². The molecule has 0 bridgehead atoms. The molecule has 7 heteroatoms. The third-order valence-electron chi connectivity index (χ3n) is 2.97. The van der Waals surface area contributed by atoms with Crippen molar-refractivity contribution in [3.63, 3.8) is 0 Å². The third kappa shape index (κ3) is 4.80. The van der Waals surface area contributed by atoms with Gasteiger partial charge in [0.1, 0.15) is 0 Å². The number of thioether (sulfide) groups is 1. The topological polar surface area (TPSA) is 71.3 Å². The van der Waals surface area contributed by atoms with E-state index in [0.29, 0.717) is 18.8 Å². The largest absolute Gasteiger partial charge is 0.390 e. The molecule has 5 nitrogen and oxygen atoms in total. The van der Waals surface area contributed by atoms with Gasteiger partial charge in [0, 0.05) is 25.0 Å². The highest BCUT2D eigenvalue weighted by Crippen LogP contribution is 2.15. The second-order valence-electron chi connectivity index (χ2n) is 4.93. The van der Waals surface area contributed by atoms with E-state index >= 15 is 0 Å². The van der Waals surface area contributed by atoms with Crippen LogP contribution in [0.3, 0.4) is 0 Å². The molecule has 0 saturated carbocycles. The quantitative estimate of drug-likeness (QED) is 0.726. The molecular formula is C13H24N2O3S2. The van der Waals surface area contributed by atoms with Gasteiger partial charge in [-0.15, -0.1) is 0 Å². The van der Waals surface area contributed by atoms with Crippen LogP contribution in [-0.4, -0.2) is 36.6 Å². The molecule has 0 aromatic carbocycles. The fourth-order valence-electron chi connectivity index (χ4n) is 1.93. The molecule has 0 aliphatic rings. The molecule has 0 amide bonds. The summed E-state index contributed by atoms with van der Waals surface area (Å²) in [6.07, 6.45) is 4.49. The summed E-state index contributed by atoms with van der Waals surface area (Å²) in [5.41, 5.74) is 0.629. The first-order valence-electron chi connectivity index (χ1n) is 6.73. The molecule has 0 saturated heterocycles. The Bertz CT molecular complexity index is 512. The lowest BCUT2D eigenvalue weighted by Gasteiger charge is -2.10. The van der Waals surface area contributed by atoms with Crippen LogP contribution in [0, 0.1) is 5.92 Å². The number of aryl methyl sites for hydroxylation is 1. The maximum absolute atomic E-state index is 12.2. The summed E-state index contributed by atoms with van der Waals surface area (Å²) in [4.78, 5) is 0.228. The summed E-state index contributed by atoms with van der Waals surface area (Å²) in [6, 6.07) is 1.54. The summed E-state index contributed by atoms with van der Waals surface area (Å²) in [6.45, 7) is 5.00. The van der Waals surface area contributed by atoms with Crippen LogP contribution in [0.15, 0.2) is 17.2 Å². The molecule has 1 aromatic heterocycles. The molecule has 1 rings (SSSR count). The smallest absolute Gasteiger partial charge is 0.242 e. The maximum atomic E-state index is 12.2. The van der Waals surface area contributed by atoms with Crippen LogP contribution in [0.4, 0.5) is 0 Å². The number of aromatic nitrogens is 1. The van der Waals surface area contributed by atoms with Crippen LogP contribution in [0.5, 0.6) is 0 Å². The lowest BCUT2D eigenvalue weighted by molar-refractivity contribution is 0.270. The van der Waals surface area contributed by atoms with Crippen molar-refractivity contribution in [2.45, 2.75) is 38.3 Å². The van der Waals surface area contributed by atoms with E-state index in [9.17, 15) is 13.5 Å². The van der Waals surface area contributed by atoms with Crippen molar-refractivity contribution in [3.8, 4) is 0 Å². The van der Waals surface area contributed by atoms with Crippen LogP contribution in [0.25, 0.3) is 0 Å². The van der Waals surface area contributed by atoms with Crippen LogP contribution in [0.2, 0.25) is 0 Å². The number of aliphatic hydroxyl groups excluding tert-OH is 1. The first kappa shape index (κ1) is 17.6. The fourth-order valence-corrected chi connectivity index (χ4v) is 3.85. The van der Waals surface area contributed by atoms with Gasteiger partial charge in [-0.1, -0.05) is 13.8 Å². The van der Waals surface area contributed by atoms with E-state index in [1.807, 2.05) is 20.1 Å². The highest BCUT2D eigenvalue weighted by Gasteiger charge is 2.18. The normalized spacial score (nSPS) is 13.6. The minimum absolute atomic E-state index is 0.154. The molecule has 116 valence electrons. The third-order valence-corrected chi connectivity index (χ3v) is 5.26. The number of hydrogen-bond donors (Lipinski definition) is 2. The monoisotopic (exact) mass is 320 g/mol. The predicted octanol–water partition coefficient (Wildman–Crippen LogP) is 1.67. The predicted molar refractivity (Wildman–Crippen MR) is 83.4 cm³/mol. The molecule has 1 aromatic rings. The summed E-state index contributed by atoms with van der Waals surface area (Å²) in [7, 11) is -3.49. The van der Waals surface area contributed by atoms with Crippen LogP contribution in [-0.2, 0) is 23.2 Å². The molecule has 1 heterocycles. The molecule has 1 atom stereocenters. The van der Waals surface area contributed by atoms with Crippen molar-refractivity contribution >= 4 is 21.8 Å². The minimum Gasteiger partial charge on any atom is -0.390 e. The Morgan fingerprint density at radius 2 is 2.20 bits per heavy atom. The Morgan fingerprint density at radius 1 is 1.50 bits per heavy atom. The molecule has 20 heavy (non-hydrogen) atoms. The number of rotatable bonds is 9. The van der Waals surface area contributed by atoms with E-state index < -0.39 is 10.0 Å². The van der Waals surface area contributed by atoms with Crippen molar-refractivity contribution in [1.82, 2.24) is 9.29 Å². The number of hydrogen-bond acceptors (Lipinski definition) is 4. The molecule has 1 unspecified atom stereocenters. The van der Waals surface area contributed by atoms with Crippen LogP contribution < -0.4 is 4.72 Å². The molecule has 0 spiro atoms. The van der Waals surface area contributed by atoms with Crippen LogP contribution >= 0.6 is 11.8 Å². The molecule has 0 fully saturated rings. The van der Waals surface area contributed by atoms with Gasteiger partial charge in [-0.3, -0.25) is 0 Å². The zero-order chi connectivity index (χ0) is 15.2. The van der Waals surface area contributed by atoms with Gasteiger partial charge in [0.05, 0.1) is 11.5 Å². The second-order valence-corrected chi connectivity index (χ2v) is 7.61. The van der Waals surface area contributed by atoms with Crippen molar-refractivity contribution in [2.24, 2.45) is 5.92 Å². The van der Waals surface area contributed by atoms with Crippen molar-refractivity contribution < 1.29 is 13.5 Å². The Morgan fingerprint density at radius 3 is 2.75 bits per heavy atom. The average molecular weight is 320 g/mol. The molecule has 2 N–H and O–H groups in total. The van der Waals surface area contributed by atoms with E-state index in [2.05, 4.69) is 4.72 Å². The van der Waals surface area contributed by atoms with Crippen molar-refractivity contribution in [2.75, 3.05) is 18.6 Å². The van der Waals surface area contributed by atoms with Gasteiger partial charge in [0.25, 0.3) is 0 Å². The lowest BCUT2D eigenvalue weighted by atomic mass is 10.2. The minimum atomic E-state index is -3.49. The second kappa shape index (κ2) is 8.07. The molecule has 0 aliphatic carbocycles. The SMILES string of the molecule is CCCn1cc(S(=O)(=O)NCC(C)CSC)cc1CO. The van der Waals surface area contributed by atoms with Gasteiger partial charge in [-0.25, -0.2) is 13.1 Å². The van der Waals surface area contributed by atoms with E-state index in [0.717, 1.165) is 12.2 Å². The summed E-state index contributed by atoms with van der Waals surface area (Å²) >= 11 is 1.70. The molecular weight excluding hydrogens is 296 g/mol. The Kier molecular flexibility index (Phi) is 7.08. The highest BCUT2D eigenvalue weighted by atomic mass is 32.2. The van der Waals surface area contributed by atoms with Crippen molar-refractivity contribution in [1.29, 1.82) is 0 Å². The lowest BCUT2D eigenvalue weighted by Crippen LogP contribution is -2.29. The number of aliphatic hydroxyl groups is 1.